The molecule has 0 aromatic heterocycles. The predicted molar refractivity (Wildman–Crippen MR) is 92.0 cm³/mol. The zero-order chi connectivity index (χ0) is 16.3. The summed E-state index contributed by atoms with van der Waals surface area (Å²) in [7, 11) is 0. The van der Waals surface area contributed by atoms with Gasteiger partial charge >= 0.3 is 0 Å². The zero-order valence-electron chi connectivity index (χ0n) is 14.0. The molecule has 2 fully saturated rings. The van der Waals surface area contributed by atoms with Gasteiger partial charge in [-0.25, -0.2) is 0 Å². The third-order valence-electron chi connectivity index (χ3n) is 5.24. The number of nitrogens with zero attached hydrogens (tertiary/aromatic N) is 4. The Morgan fingerprint density at radius 2 is 1.13 bits per heavy atom. The molecular weight excluding hydrogens is 284 g/mol. The van der Waals surface area contributed by atoms with Crippen LogP contribution < -0.4 is 0 Å². The van der Waals surface area contributed by atoms with Crippen LogP contribution in [0.5, 0.6) is 0 Å². The van der Waals surface area contributed by atoms with Gasteiger partial charge in [0.25, 0.3) is 0 Å². The summed E-state index contributed by atoms with van der Waals surface area (Å²) in [5.74, 6) is 1.75. The average Bonchev–Trinajstić information content (AvgIpc) is 2.60. The predicted octanol–water partition coefficient (Wildman–Crippen LogP) is 3.66. The first kappa shape index (κ1) is 17.4. The van der Waals surface area contributed by atoms with Gasteiger partial charge in [-0.1, -0.05) is 19.3 Å². The van der Waals surface area contributed by atoms with E-state index in [1.165, 1.54) is 44.9 Å². The highest BCUT2D eigenvalue weighted by molar-refractivity contribution is 5.02. The molecule has 0 amide bonds. The average molecular weight is 312 g/mol. The Morgan fingerprint density at radius 1 is 0.739 bits per heavy atom. The van der Waals surface area contributed by atoms with Gasteiger partial charge in [0.2, 0.25) is 0 Å². The largest absolute Gasteiger partial charge is 0.377 e. The van der Waals surface area contributed by atoms with Crippen molar-refractivity contribution in [3.63, 3.8) is 0 Å². The van der Waals surface area contributed by atoms with E-state index in [-0.39, 0.29) is 0 Å². The lowest BCUT2D eigenvalue weighted by Gasteiger charge is -2.32. The van der Waals surface area contributed by atoms with Crippen molar-refractivity contribution in [1.29, 1.82) is 10.5 Å². The van der Waals surface area contributed by atoms with Gasteiger partial charge in [-0.2, -0.15) is 10.5 Å². The number of rotatable bonds is 6. The van der Waals surface area contributed by atoms with Crippen LogP contribution >= 0.6 is 0 Å². The van der Waals surface area contributed by atoms with E-state index in [0.29, 0.717) is 0 Å². The lowest BCUT2D eigenvalue weighted by atomic mass is 9.87. The Balaban J connectivity index is 1.55. The molecule has 0 bridgehead atoms. The molecule has 0 aliphatic carbocycles. The quantitative estimate of drug-likeness (QED) is 0.702. The van der Waals surface area contributed by atoms with E-state index < -0.39 is 0 Å². The van der Waals surface area contributed by atoms with Crippen LogP contribution in [0.3, 0.4) is 0 Å². The zero-order valence-corrected chi connectivity index (χ0v) is 14.0. The van der Waals surface area contributed by atoms with Crippen LogP contribution in [0.4, 0.5) is 0 Å². The SMILES string of the molecule is N#C/C=C/N1CCC(CCCC2CCN(/C=C/C#N)CC2)CC1. The normalized spacial score (nSPS) is 21.0. The molecule has 0 aromatic carbocycles. The highest BCUT2D eigenvalue weighted by atomic mass is 15.1. The van der Waals surface area contributed by atoms with Crippen molar-refractivity contribution in [2.24, 2.45) is 11.8 Å². The number of allylic oxidation sites excluding steroid dienone is 2. The summed E-state index contributed by atoms with van der Waals surface area (Å²) < 4.78 is 0. The van der Waals surface area contributed by atoms with Crippen molar-refractivity contribution >= 4 is 0 Å². The lowest BCUT2D eigenvalue weighted by Crippen LogP contribution is -2.30. The smallest absolute Gasteiger partial charge is 0.0927 e. The molecule has 4 heteroatoms. The van der Waals surface area contributed by atoms with Crippen molar-refractivity contribution in [3.8, 4) is 12.1 Å². The molecule has 0 radical (unpaired) electrons. The number of likely N-dealkylation sites (tertiary alicyclic amines) is 2. The van der Waals surface area contributed by atoms with Gasteiger partial charge in [-0.15, -0.1) is 0 Å². The molecule has 0 aromatic rings. The van der Waals surface area contributed by atoms with E-state index in [0.717, 1.165) is 38.0 Å². The number of hydrogen-bond acceptors (Lipinski definition) is 4. The molecule has 2 heterocycles. The maximum absolute atomic E-state index is 8.56. The molecule has 2 rings (SSSR count). The van der Waals surface area contributed by atoms with Crippen molar-refractivity contribution in [2.45, 2.75) is 44.9 Å². The Bertz CT molecular complexity index is 423. The fourth-order valence-electron chi connectivity index (χ4n) is 3.75. The van der Waals surface area contributed by atoms with Crippen LogP contribution in [-0.4, -0.2) is 36.0 Å². The van der Waals surface area contributed by atoms with Crippen LogP contribution in [0, 0.1) is 34.5 Å². The Morgan fingerprint density at radius 3 is 1.48 bits per heavy atom. The monoisotopic (exact) mass is 312 g/mol. The molecule has 2 saturated heterocycles. The van der Waals surface area contributed by atoms with Crippen LogP contribution in [0.15, 0.2) is 24.6 Å². The summed E-state index contributed by atoms with van der Waals surface area (Å²) >= 11 is 0. The fourth-order valence-corrected chi connectivity index (χ4v) is 3.75. The second-order valence-corrected chi connectivity index (χ2v) is 6.78. The van der Waals surface area contributed by atoms with E-state index >= 15 is 0 Å². The van der Waals surface area contributed by atoms with Gasteiger partial charge in [-0.05, 0) is 37.5 Å². The topological polar surface area (TPSA) is 54.1 Å². The van der Waals surface area contributed by atoms with Crippen LogP contribution in [-0.2, 0) is 0 Å². The molecule has 0 N–H and O–H groups in total. The third kappa shape index (κ3) is 6.37. The highest BCUT2D eigenvalue weighted by Gasteiger charge is 2.19. The van der Waals surface area contributed by atoms with Gasteiger partial charge in [0.05, 0.1) is 12.1 Å². The maximum atomic E-state index is 8.56. The van der Waals surface area contributed by atoms with Crippen LogP contribution in [0.1, 0.15) is 44.9 Å². The van der Waals surface area contributed by atoms with Crippen molar-refractivity contribution < 1.29 is 0 Å². The number of piperidine rings is 2. The molecule has 2 aliphatic heterocycles. The third-order valence-corrected chi connectivity index (χ3v) is 5.24. The number of nitriles is 2. The minimum atomic E-state index is 0.875. The van der Waals surface area contributed by atoms with Crippen molar-refractivity contribution in [3.05, 3.63) is 24.6 Å². The standard InChI is InChI=1S/C19H28N4/c20-10-2-12-22-14-6-18(7-15-22)4-1-5-19-8-16-23(17-9-19)13-3-11-21/h2-3,12-13,18-19H,1,4-9,14-17H2/b12-2+,13-3+. The van der Waals surface area contributed by atoms with E-state index in [4.69, 9.17) is 10.5 Å². The molecule has 0 saturated carbocycles. The second-order valence-electron chi connectivity index (χ2n) is 6.78. The maximum Gasteiger partial charge on any atom is 0.0927 e. The summed E-state index contributed by atoms with van der Waals surface area (Å²) in [5, 5.41) is 17.1. The first-order valence-corrected chi connectivity index (χ1v) is 8.92. The summed E-state index contributed by atoms with van der Waals surface area (Å²) in [6.45, 7) is 4.41. The Kier molecular flexibility index (Phi) is 7.54. The van der Waals surface area contributed by atoms with Gasteiger partial charge in [-0.3, -0.25) is 0 Å². The second kappa shape index (κ2) is 9.95. The molecular formula is C19H28N4. The molecule has 0 spiro atoms. The van der Waals surface area contributed by atoms with E-state index in [2.05, 4.69) is 21.9 Å². The van der Waals surface area contributed by atoms with E-state index in [1.807, 2.05) is 12.4 Å². The fraction of sp³-hybridized carbons (Fsp3) is 0.684. The molecule has 124 valence electrons. The minimum absolute atomic E-state index is 0.875. The molecule has 4 nitrogen and oxygen atoms in total. The summed E-state index contributed by atoms with van der Waals surface area (Å²) in [5.41, 5.74) is 0. The van der Waals surface area contributed by atoms with Gasteiger partial charge in [0, 0.05) is 50.7 Å². The van der Waals surface area contributed by atoms with E-state index in [9.17, 15) is 0 Å². The summed E-state index contributed by atoms with van der Waals surface area (Å²) in [6, 6.07) is 4.13. The Labute approximate surface area is 140 Å². The van der Waals surface area contributed by atoms with Crippen molar-refractivity contribution in [1.82, 2.24) is 9.80 Å². The molecule has 0 atom stereocenters. The van der Waals surface area contributed by atoms with Crippen LogP contribution in [0.25, 0.3) is 0 Å². The van der Waals surface area contributed by atoms with Gasteiger partial charge < -0.3 is 9.80 Å². The molecule has 2 aliphatic rings. The van der Waals surface area contributed by atoms with Crippen LogP contribution in [0.2, 0.25) is 0 Å². The lowest BCUT2D eigenvalue weighted by molar-refractivity contribution is 0.210. The molecule has 23 heavy (non-hydrogen) atoms. The van der Waals surface area contributed by atoms with Crippen molar-refractivity contribution in [2.75, 3.05) is 26.2 Å². The first-order valence-electron chi connectivity index (χ1n) is 8.92. The number of hydrogen-bond donors (Lipinski definition) is 0. The summed E-state index contributed by atoms with van der Waals surface area (Å²) in [4.78, 5) is 4.54. The minimum Gasteiger partial charge on any atom is -0.377 e. The highest BCUT2D eigenvalue weighted by Crippen LogP contribution is 2.27. The first-order chi connectivity index (χ1) is 11.3. The molecule has 0 unspecified atom stereocenters. The summed E-state index contributed by atoms with van der Waals surface area (Å²) in [6.07, 6.45) is 16.2. The Hall–Kier alpha value is -1.94. The van der Waals surface area contributed by atoms with Gasteiger partial charge in [0.1, 0.15) is 0 Å². The van der Waals surface area contributed by atoms with E-state index in [1.54, 1.807) is 12.2 Å². The van der Waals surface area contributed by atoms with Gasteiger partial charge in [0.15, 0.2) is 0 Å².